The molecule has 4 saturated carbocycles. The maximum absolute atomic E-state index is 12.7. The summed E-state index contributed by atoms with van der Waals surface area (Å²) in [5, 5.41) is 14.3. The number of methoxy groups -OCH3 is 1. The molecule has 1 saturated heterocycles. The van der Waals surface area contributed by atoms with E-state index in [1.54, 1.807) is 12.1 Å². The molecule has 5 fully saturated rings. The van der Waals surface area contributed by atoms with Crippen LogP contribution in [-0.2, 0) is 4.79 Å². The number of ether oxygens (including phenoxy) is 1. The van der Waals surface area contributed by atoms with Gasteiger partial charge in [-0.3, -0.25) is 19.8 Å². The Balaban J connectivity index is 1.05. The fourth-order valence-corrected chi connectivity index (χ4v) is 7.51. The third-order valence-corrected chi connectivity index (χ3v) is 8.55. The number of nitro benzene ring substituents is 1. The van der Waals surface area contributed by atoms with E-state index in [1.165, 1.54) is 51.7 Å². The Morgan fingerprint density at radius 3 is 2.33 bits per heavy atom. The second-order valence-corrected chi connectivity index (χ2v) is 10.9. The van der Waals surface area contributed by atoms with Crippen LogP contribution in [0.5, 0.6) is 5.75 Å². The Bertz CT molecular complexity index is 861. The first kappa shape index (κ1) is 22.4. The maximum Gasteiger partial charge on any atom is 0.311 e. The molecule has 1 N–H and O–H groups in total. The molecule has 0 unspecified atom stereocenters. The Morgan fingerprint density at radius 2 is 1.76 bits per heavy atom. The first-order valence-corrected chi connectivity index (χ1v) is 12.5. The Morgan fingerprint density at radius 1 is 1.12 bits per heavy atom. The van der Waals surface area contributed by atoms with Crippen LogP contribution in [0.2, 0.25) is 0 Å². The van der Waals surface area contributed by atoms with E-state index >= 15 is 0 Å². The average molecular weight is 457 g/mol. The van der Waals surface area contributed by atoms with Gasteiger partial charge in [0, 0.05) is 63.5 Å². The number of nitrogens with one attached hydrogen (secondary N) is 1. The van der Waals surface area contributed by atoms with Crippen molar-refractivity contribution in [1.29, 1.82) is 0 Å². The van der Waals surface area contributed by atoms with Crippen molar-refractivity contribution >= 4 is 17.3 Å². The second kappa shape index (κ2) is 9.12. The molecule has 4 aliphatic carbocycles. The molecule has 5 aliphatic rings. The van der Waals surface area contributed by atoms with Gasteiger partial charge in [-0.15, -0.1) is 0 Å². The van der Waals surface area contributed by atoms with Crippen LogP contribution in [0.25, 0.3) is 0 Å². The van der Waals surface area contributed by atoms with Gasteiger partial charge in [0.25, 0.3) is 0 Å². The number of anilines is 1. The number of carbonyl (C=O) groups excluding carboxylic acids is 1. The highest BCUT2D eigenvalue weighted by Gasteiger charge is 2.51. The molecule has 1 aromatic rings. The summed E-state index contributed by atoms with van der Waals surface area (Å²) in [6, 6.07) is 5.05. The van der Waals surface area contributed by atoms with Crippen molar-refractivity contribution in [2.24, 2.45) is 23.2 Å². The van der Waals surface area contributed by atoms with Crippen LogP contribution in [0.15, 0.2) is 18.2 Å². The van der Waals surface area contributed by atoms with E-state index in [4.69, 9.17) is 4.74 Å². The number of rotatable bonds is 8. The topological polar surface area (TPSA) is 88.0 Å². The summed E-state index contributed by atoms with van der Waals surface area (Å²) in [5.74, 6) is 3.19. The lowest BCUT2D eigenvalue weighted by molar-refractivity contribution is -0.385. The zero-order valence-electron chi connectivity index (χ0n) is 19.6. The fraction of sp³-hybridized carbons (Fsp3) is 0.720. The summed E-state index contributed by atoms with van der Waals surface area (Å²) in [6.07, 6.45) is 8.82. The van der Waals surface area contributed by atoms with Crippen molar-refractivity contribution in [3.63, 3.8) is 0 Å². The van der Waals surface area contributed by atoms with E-state index in [0.717, 1.165) is 62.6 Å². The lowest BCUT2D eigenvalue weighted by atomic mass is 9.49. The number of carbonyl (C=O) groups is 1. The molecule has 0 radical (unpaired) electrons. The van der Waals surface area contributed by atoms with Gasteiger partial charge in [-0.1, -0.05) is 0 Å². The maximum atomic E-state index is 12.7. The summed E-state index contributed by atoms with van der Waals surface area (Å²) in [5.41, 5.74) is 1.24. The van der Waals surface area contributed by atoms with Gasteiger partial charge in [0.15, 0.2) is 5.75 Å². The highest BCUT2D eigenvalue weighted by Crippen LogP contribution is 2.61. The van der Waals surface area contributed by atoms with Crippen molar-refractivity contribution in [3.05, 3.63) is 28.3 Å². The first-order valence-electron chi connectivity index (χ1n) is 12.5. The minimum absolute atomic E-state index is 0.0100. The molecule has 4 bridgehead atoms. The Kier molecular flexibility index (Phi) is 6.20. The minimum atomic E-state index is -0.419. The Labute approximate surface area is 195 Å². The molecule has 180 valence electrons. The number of hydrogen-bond acceptors (Lipinski definition) is 6. The summed E-state index contributed by atoms with van der Waals surface area (Å²) in [7, 11) is 1.46. The van der Waals surface area contributed by atoms with Gasteiger partial charge >= 0.3 is 5.69 Å². The third kappa shape index (κ3) is 4.81. The molecule has 0 atom stereocenters. The molecular formula is C25H36N4O4. The molecule has 33 heavy (non-hydrogen) atoms. The normalized spacial score (nSPS) is 30.9. The van der Waals surface area contributed by atoms with Gasteiger partial charge in [-0.2, -0.15) is 0 Å². The van der Waals surface area contributed by atoms with Crippen LogP contribution in [0.1, 0.15) is 44.9 Å². The molecule has 6 rings (SSSR count). The highest BCUT2D eigenvalue weighted by molar-refractivity contribution is 5.76. The predicted molar refractivity (Wildman–Crippen MR) is 127 cm³/mol. The van der Waals surface area contributed by atoms with E-state index in [9.17, 15) is 14.9 Å². The molecule has 8 nitrogen and oxygen atoms in total. The number of hydrogen-bond donors (Lipinski definition) is 1. The lowest BCUT2D eigenvalue weighted by Gasteiger charge is -2.56. The van der Waals surface area contributed by atoms with Crippen LogP contribution in [0.4, 0.5) is 11.4 Å². The highest BCUT2D eigenvalue weighted by atomic mass is 16.6. The average Bonchev–Trinajstić information content (AvgIpc) is 2.77. The number of nitrogens with zero attached hydrogens (tertiary/aromatic N) is 3. The summed E-state index contributed by atoms with van der Waals surface area (Å²) >= 11 is 0. The van der Waals surface area contributed by atoms with Crippen LogP contribution in [0.3, 0.4) is 0 Å². The van der Waals surface area contributed by atoms with Gasteiger partial charge in [0.1, 0.15) is 0 Å². The third-order valence-electron chi connectivity index (χ3n) is 8.55. The smallest absolute Gasteiger partial charge is 0.311 e. The van der Waals surface area contributed by atoms with Crippen LogP contribution >= 0.6 is 0 Å². The predicted octanol–water partition coefficient (Wildman–Crippen LogP) is 3.45. The molecule has 0 aromatic heterocycles. The summed E-state index contributed by atoms with van der Waals surface area (Å²) < 4.78 is 5.20. The number of amides is 1. The van der Waals surface area contributed by atoms with Gasteiger partial charge in [-0.25, -0.2) is 0 Å². The second-order valence-electron chi connectivity index (χ2n) is 10.9. The fourth-order valence-electron chi connectivity index (χ4n) is 7.51. The van der Waals surface area contributed by atoms with Gasteiger partial charge in [-0.05, 0) is 67.8 Å². The zero-order valence-corrected chi connectivity index (χ0v) is 19.6. The van der Waals surface area contributed by atoms with Crippen LogP contribution in [0, 0.1) is 33.3 Å². The monoisotopic (exact) mass is 456 g/mol. The summed E-state index contributed by atoms with van der Waals surface area (Å²) in [4.78, 5) is 28.1. The molecule has 0 spiro atoms. The van der Waals surface area contributed by atoms with E-state index in [0.29, 0.717) is 17.7 Å². The minimum Gasteiger partial charge on any atom is -0.490 e. The standard InChI is InChI=1S/C25H36N4O4/c1-33-23-13-21(2-3-22(23)29(31)32)28-8-6-27(7-9-28)5-4-26-24(30)17-25-14-18-10-19(15-25)12-20(11-18)16-25/h2-3,13,18-20H,4-12,14-17H2,1H3,(H,26,30). The van der Waals surface area contributed by atoms with Crippen molar-refractivity contribution in [2.75, 3.05) is 51.3 Å². The SMILES string of the molecule is COc1cc(N2CCN(CCNC(=O)CC34CC5CC(CC(C5)C3)C4)CC2)ccc1[N+](=O)[O-]. The molecule has 1 amide bonds. The zero-order chi connectivity index (χ0) is 23.0. The van der Waals surface area contributed by atoms with Crippen molar-refractivity contribution in [2.45, 2.75) is 44.9 Å². The molecule has 8 heteroatoms. The van der Waals surface area contributed by atoms with E-state index in [-0.39, 0.29) is 11.6 Å². The van der Waals surface area contributed by atoms with Crippen molar-refractivity contribution in [1.82, 2.24) is 10.2 Å². The van der Waals surface area contributed by atoms with E-state index in [2.05, 4.69) is 15.1 Å². The molecule has 1 aliphatic heterocycles. The van der Waals surface area contributed by atoms with Crippen molar-refractivity contribution in [3.8, 4) is 5.75 Å². The number of piperazine rings is 1. The van der Waals surface area contributed by atoms with Gasteiger partial charge in [0.2, 0.25) is 5.91 Å². The summed E-state index contributed by atoms with van der Waals surface area (Å²) in [6.45, 7) is 5.08. The lowest BCUT2D eigenvalue weighted by Crippen LogP contribution is -2.50. The molecular weight excluding hydrogens is 420 g/mol. The molecule has 1 heterocycles. The largest absolute Gasteiger partial charge is 0.490 e. The van der Waals surface area contributed by atoms with Crippen molar-refractivity contribution < 1.29 is 14.5 Å². The van der Waals surface area contributed by atoms with Gasteiger partial charge < -0.3 is 15.0 Å². The van der Waals surface area contributed by atoms with Crippen LogP contribution < -0.4 is 15.0 Å². The van der Waals surface area contributed by atoms with E-state index < -0.39 is 4.92 Å². The van der Waals surface area contributed by atoms with E-state index in [1.807, 2.05) is 0 Å². The Hall–Kier alpha value is -2.35. The number of benzene rings is 1. The number of nitro groups is 1. The quantitative estimate of drug-likeness (QED) is 0.476. The molecule has 1 aromatic carbocycles. The first-order chi connectivity index (χ1) is 15.9. The van der Waals surface area contributed by atoms with Crippen LogP contribution in [-0.4, -0.2) is 62.1 Å². The van der Waals surface area contributed by atoms with Gasteiger partial charge in [0.05, 0.1) is 12.0 Å².